The number of carbonyl (C=O) groups excluding carboxylic acids is 3. The van der Waals surface area contributed by atoms with Crippen molar-refractivity contribution in [2.24, 2.45) is 0 Å². The predicted octanol–water partition coefficient (Wildman–Crippen LogP) is 4.44. The molecule has 3 aromatic rings. The van der Waals surface area contributed by atoms with Gasteiger partial charge in [0.15, 0.2) is 11.0 Å². The molecule has 0 saturated carbocycles. The average molecular weight is 563 g/mol. The van der Waals surface area contributed by atoms with E-state index in [9.17, 15) is 14.4 Å². The first kappa shape index (κ1) is 29.0. The van der Waals surface area contributed by atoms with Crippen molar-refractivity contribution in [1.82, 2.24) is 14.8 Å². The Morgan fingerprint density at radius 1 is 0.974 bits per heavy atom. The molecular weight excluding hydrogens is 532 g/mol. The van der Waals surface area contributed by atoms with E-state index in [0.717, 1.165) is 16.9 Å². The minimum Gasteiger partial charge on any atom is -0.497 e. The number of thiophene rings is 1. The smallest absolute Gasteiger partial charge is 0.348 e. The SMILES string of the molecule is CCOC(=O)c1sc(NC(=O)CSc2nnc(-c3cc(OC)cc(OC)c3)n2CC)c(C(=O)OCC)c1C. The van der Waals surface area contributed by atoms with Crippen LogP contribution in [0.1, 0.15) is 46.4 Å². The van der Waals surface area contributed by atoms with Gasteiger partial charge in [0.05, 0.1) is 38.7 Å². The van der Waals surface area contributed by atoms with Crippen LogP contribution in [0.2, 0.25) is 0 Å². The van der Waals surface area contributed by atoms with E-state index in [1.54, 1.807) is 41.1 Å². The summed E-state index contributed by atoms with van der Waals surface area (Å²) < 4.78 is 22.8. The van der Waals surface area contributed by atoms with E-state index in [4.69, 9.17) is 18.9 Å². The zero-order valence-corrected chi connectivity index (χ0v) is 23.7. The maximum atomic E-state index is 12.9. The monoisotopic (exact) mass is 562 g/mol. The average Bonchev–Trinajstić information content (AvgIpc) is 3.47. The number of hydrogen-bond donors (Lipinski definition) is 1. The van der Waals surface area contributed by atoms with Crippen LogP contribution >= 0.6 is 23.1 Å². The third-order valence-corrected chi connectivity index (χ3v) is 7.47. The molecule has 0 unspecified atom stereocenters. The van der Waals surface area contributed by atoms with Crippen molar-refractivity contribution < 1.29 is 33.3 Å². The molecular formula is C25H30N4O7S2. The minimum atomic E-state index is -0.621. The molecule has 204 valence electrons. The number of anilines is 1. The highest BCUT2D eigenvalue weighted by Gasteiger charge is 2.27. The van der Waals surface area contributed by atoms with E-state index in [1.807, 2.05) is 23.6 Å². The lowest BCUT2D eigenvalue weighted by molar-refractivity contribution is -0.113. The lowest BCUT2D eigenvalue weighted by Crippen LogP contribution is -2.17. The summed E-state index contributed by atoms with van der Waals surface area (Å²) in [5.74, 6) is 0.261. The second kappa shape index (κ2) is 13.3. The van der Waals surface area contributed by atoms with Gasteiger partial charge in [0, 0.05) is 18.2 Å². The first-order chi connectivity index (χ1) is 18.3. The molecule has 0 bridgehead atoms. The quantitative estimate of drug-likeness (QED) is 0.250. The fourth-order valence-corrected chi connectivity index (χ4v) is 5.47. The number of thioether (sulfide) groups is 1. The van der Waals surface area contributed by atoms with Gasteiger partial charge in [-0.3, -0.25) is 4.79 Å². The van der Waals surface area contributed by atoms with Crippen molar-refractivity contribution in [2.75, 3.05) is 38.5 Å². The van der Waals surface area contributed by atoms with Crippen molar-refractivity contribution >= 4 is 45.9 Å². The molecule has 1 aromatic carbocycles. The summed E-state index contributed by atoms with van der Waals surface area (Å²) in [6.45, 7) is 7.85. The highest BCUT2D eigenvalue weighted by Crippen LogP contribution is 2.35. The summed E-state index contributed by atoms with van der Waals surface area (Å²) in [5.41, 5.74) is 1.30. The van der Waals surface area contributed by atoms with Crippen LogP contribution in [-0.4, -0.2) is 65.8 Å². The van der Waals surface area contributed by atoms with E-state index >= 15 is 0 Å². The Balaban J connectivity index is 1.81. The molecule has 1 amide bonds. The van der Waals surface area contributed by atoms with Crippen LogP contribution in [-0.2, 0) is 20.8 Å². The summed E-state index contributed by atoms with van der Waals surface area (Å²) in [5, 5.41) is 12.1. The third-order valence-electron chi connectivity index (χ3n) is 5.32. The van der Waals surface area contributed by atoms with Crippen molar-refractivity contribution in [3.63, 3.8) is 0 Å². The molecule has 2 aromatic heterocycles. The van der Waals surface area contributed by atoms with Crippen molar-refractivity contribution in [3.8, 4) is 22.9 Å². The number of rotatable bonds is 12. The first-order valence-corrected chi connectivity index (χ1v) is 13.6. The Kier molecular flexibility index (Phi) is 10.1. The number of esters is 2. The summed E-state index contributed by atoms with van der Waals surface area (Å²) >= 11 is 2.18. The molecule has 13 heteroatoms. The van der Waals surface area contributed by atoms with E-state index in [2.05, 4.69) is 15.5 Å². The molecule has 0 spiro atoms. The van der Waals surface area contributed by atoms with Crippen LogP contribution in [0, 0.1) is 6.92 Å². The maximum Gasteiger partial charge on any atom is 0.348 e. The van der Waals surface area contributed by atoms with Gasteiger partial charge in [-0.25, -0.2) is 9.59 Å². The summed E-state index contributed by atoms with van der Waals surface area (Å²) in [6, 6.07) is 5.42. The molecule has 0 aliphatic carbocycles. The second-order valence-corrected chi connectivity index (χ2v) is 9.65. The number of benzene rings is 1. The second-order valence-electron chi connectivity index (χ2n) is 7.69. The predicted molar refractivity (Wildman–Crippen MR) is 145 cm³/mol. The standard InChI is InChI=1S/C25H30N4O7S2/c1-7-29-21(15-10-16(33-5)12-17(11-15)34-6)27-28-25(29)37-13-18(30)26-22-19(23(31)35-8-2)14(4)20(38-22)24(32)36-9-3/h10-12H,7-9,13H2,1-6H3,(H,26,30). The Bertz CT molecular complexity index is 1300. The van der Waals surface area contributed by atoms with Crippen LogP contribution in [0.25, 0.3) is 11.4 Å². The van der Waals surface area contributed by atoms with Crippen LogP contribution in [0.5, 0.6) is 11.5 Å². The normalized spacial score (nSPS) is 10.7. The van der Waals surface area contributed by atoms with Gasteiger partial charge in [0.2, 0.25) is 5.91 Å². The molecule has 38 heavy (non-hydrogen) atoms. The minimum absolute atomic E-state index is 0.00643. The van der Waals surface area contributed by atoms with E-state index in [-0.39, 0.29) is 40.3 Å². The van der Waals surface area contributed by atoms with Gasteiger partial charge in [-0.1, -0.05) is 11.8 Å². The van der Waals surface area contributed by atoms with E-state index < -0.39 is 11.9 Å². The van der Waals surface area contributed by atoms with Gasteiger partial charge in [-0.2, -0.15) is 0 Å². The Morgan fingerprint density at radius 2 is 1.61 bits per heavy atom. The van der Waals surface area contributed by atoms with Crippen LogP contribution in [0.4, 0.5) is 5.00 Å². The molecule has 0 radical (unpaired) electrons. The lowest BCUT2D eigenvalue weighted by Gasteiger charge is -2.10. The molecule has 0 saturated heterocycles. The van der Waals surface area contributed by atoms with Crippen LogP contribution in [0.3, 0.4) is 0 Å². The molecule has 2 heterocycles. The number of ether oxygens (including phenoxy) is 4. The summed E-state index contributed by atoms with van der Waals surface area (Å²) in [4.78, 5) is 38.1. The first-order valence-electron chi connectivity index (χ1n) is 11.8. The number of carbonyl (C=O) groups is 3. The zero-order valence-electron chi connectivity index (χ0n) is 22.1. The number of amides is 1. The molecule has 0 aliphatic heterocycles. The molecule has 0 fully saturated rings. The number of hydrogen-bond acceptors (Lipinski definition) is 11. The Hall–Kier alpha value is -3.58. The summed E-state index contributed by atoms with van der Waals surface area (Å²) in [7, 11) is 3.14. The van der Waals surface area contributed by atoms with Gasteiger partial charge in [0.1, 0.15) is 21.4 Å². The fourth-order valence-electron chi connectivity index (χ4n) is 3.57. The van der Waals surface area contributed by atoms with Crippen molar-refractivity contribution in [3.05, 3.63) is 34.2 Å². The van der Waals surface area contributed by atoms with Crippen LogP contribution < -0.4 is 14.8 Å². The number of aromatic nitrogens is 3. The van der Waals surface area contributed by atoms with Gasteiger partial charge in [-0.05, 0) is 45.4 Å². The largest absolute Gasteiger partial charge is 0.497 e. The Labute approximate surface area is 228 Å². The fraction of sp³-hybridized carbons (Fsp3) is 0.400. The molecule has 0 atom stereocenters. The van der Waals surface area contributed by atoms with Gasteiger partial charge in [0.25, 0.3) is 0 Å². The molecule has 0 aliphatic rings. The Morgan fingerprint density at radius 3 is 2.18 bits per heavy atom. The number of nitrogens with zero attached hydrogens (tertiary/aromatic N) is 3. The van der Waals surface area contributed by atoms with Crippen LogP contribution in [0.15, 0.2) is 23.4 Å². The van der Waals surface area contributed by atoms with Gasteiger partial charge >= 0.3 is 11.9 Å². The molecule has 11 nitrogen and oxygen atoms in total. The zero-order chi connectivity index (χ0) is 27.8. The number of methoxy groups -OCH3 is 2. The topological polar surface area (TPSA) is 131 Å². The van der Waals surface area contributed by atoms with E-state index in [0.29, 0.717) is 34.6 Å². The van der Waals surface area contributed by atoms with Crippen molar-refractivity contribution in [2.45, 2.75) is 39.4 Å². The highest BCUT2D eigenvalue weighted by molar-refractivity contribution is 7.99. The molecule has 3 rings (SSSR count). The third kappa shape index (κ3) is 6.45. The highest BCUT2D eigenvalue weighted by atomic mass is 32.2. The lowest BCUT2D eigenvalue weighted by atomic mass is 10.1. The number of nitrogens with one attached hydrogen (secondary N) is 1. The maximum absolute atomic E-state index is 12.9. The summed E-state index contributed by atoms with van der Waals surface area (Å²) in [6.07, 6.45) is 0. The van der Waals surface area contributed by atoms with E-state index in [1.165, 1.54) is 11.8 Å². The van der Waals surface area contributed by atoms with Crippen molar-refractivity contribution in [1.29, 1.82) is 0 Å². The van der Waals surface area contributed by atoms with Gasteiger partial charge in [-0.15, -0.1) is 21.5 Å². The van der Waals surface area contributed by atoms with Gasteiger partial charge < -0.3 is 28.8 Å². The molecule has 1 N–H and O–H groups in total.